The summed E-state index contributed by atoms with van der Waals surface area (Å²) in [6.45, 7) is 4.79. The van der Waals surface area contributed by atoms with Crippen LogP contribution in [0.5, 0.6) is 5.75 Å². The van der Waals surface area contributed by atoms with Gasteiger partial charge >= 0.3 is 42.1 Å². The highest BCUT2D eigenvalue weighted by atomic mass is 32.3. The highest BCUT2D eigenvalue weighted by Gasteiger charge is 2.83. The third-order valence-electron chi connectivity index (χ3n) is 5.74. The molecule has 0 heterocycles. The summed E-state index contributed by atoms with van der Waals surface area (Å²) >= 11 is 0. The van der Waals surface area contributed by atoms with Crippen molar-refractivity contribution in [2.75, 3.05) is 5.32 Å². The number of fused-ring (bicyclic) bond motifs is 1. The summed E-state index contributed by atoms with van der Waals surface area (Å²) in [7, 11) is -22.7. The van der Waals surface area contributed by atoms with Gasteiger partial charge in [0.15, 0.2) is 5.75 Å². The van der Waals surface area contributed by atoms with Crippen molar-refractivity contribution < 1.29 is 73.7 Å². The molecule has 0 unspecified atom stereocenters. The van der Waals surface area contributed by atoms with Gasteiger partial charge in [0.25, 0.3) is 10.0 Å². The number of carbonyl (C=O) groups excluding carboxylic acids is 1. The second-order valence-corrected chi connectivity index (χ2v) is 14.3. The van der Waals surface area contributed by atoms with Gasteiger partial charge < -0.3 is 9.50 Å². The predicted octanol–water partition coefficient (Wildman–Crippen LogP) is 4.51. The predicted molar refractivity (Wildman–Crippen MR) is 128 cm³/mol. The molecule has 0 spiro atoms. The van der Waals surface area contributed by atoms with Crippen LogP contribution in [0.15, 0.2) is 36.4 Å². The number of amides is 1. The number of benzene rings is 2. The zero-order valence-corrected chi connectivity index (χ0v) is 23.5. The standard InChI is InChI=1S/C20H19F9N2O8S3/c1-4-16(2,3)15(32)30-13-9-5-8-12-11(13)7-6-10-14(12)39-42(37,38)19(25,26)17(21,22)18(23,24)40(33,34)31-41(35,36)20(27,28)29/h5-10,31H,4H2,1-3H3,(H,30,32). The number of hydrogen-bond donors (Lipinski definition) is 2. The molecule has 2 rings (SSSR count). The first-order chi connectivity index (χ1) is 18.6. The number of alkyl halides is 9. The third kappa shape index (κ3) is 5.97. The minimum absolute atomic E-state index is 0.0615. The molecule has 10 nitrogen and oxygen atoms in total. The van der Waals surface area contributed by atoms with Gasteiger partial charge in [0, 0.05) is 21.9 Å². The number of nitrogens with one attached hydrogen (secondary N) is 2. The monoisotopic (exact) mass is 682 g/mol. The first-order valence-electron chi connectivity index (χ1n) is 10.8. The van der Waals surface area contributed by atoms with E-state index in [9.17, 15) is 69.6 Å². The van der Waals surface area contributed by atoms with Gasteiger partial charge in [-0.1, -0.05) is 49.2 Å². The Morgan fingerprint density at radius 2 is 1.26 bits per heavy atom. The molecule has 22 heteroatoms. The molecule has 0 fully saturated rings. The molecule has 2 aromatic rings. The smallest absolute Gasteiger partial charge is 0.377 e. The van der Waals surface area contributed by atoms with E-state index in [1.54, 1.807) is 20.8 Å². The van der Waals surface area contributed by atoms with Crippen LogP contribution in [0.1, 0.15) is 27.2 Å². The SMILES string of the molecule is CCC(C)(C)C(=O)Nc1cccc2c(OS(=O)(=O)C(F)(F)C(F)(F)C(F)(F)S(=O)(=O)NS(=O)(=O)C(F)(F)F)cccc12. The Bertz CT molecular complexity index is 1710. The molecule has 0 saturated heterocycles. The fraction of sp³-hybridized carbons (Fsp3) is 0.450. The van der Waals surface area contributed by atoms with E-state index in [1.807, 2.05) is 0 Å². The van der Waals surface area contributed by atoms with E-state index in [4.69, 9.17) is 0 Å². The summed E-state index contributed by atoms with van der Waals surface area (Å²) in [5.41, 5.74) is -7.69. The number of rotatable bonds is 11. The number of carbonyl (C=O) groups is 1. The fourth-order valence-electron chi connectivity index (χ4n) is 2.82. The Hall–Kier alpha value is -2.85. The molecule has 0 aliphatic rings. The largest absolute Gasteiger partial charge is 0.512 e. The summed E-state index contributed by atoms with van der Waals surface area (Å²) in [5, 5.41) is -12.8. The molecule has 0 aliphatic carbocycles. The van der Waals surface area contributed by atoms with E-state index in [2.05, 4.69) is 9.50 Å². The molecule has 0 radical (unpaired) electrons. The first kappa shape index (κ1) is 35.3. The summed E-state index contributed by atoms with van der Waals surface area (Å²) in [6.07, 6.45) is 0.345. The first-order valence-corrected chi connectivity index (χ1v) is 15.2. The molecule has 1 amide bonds. The summed E-state index contributed by atoms with van der Waals surface area (Å²) in [4.78, 5) is 12.5. The average Bonchev–Trinajstić information content (AvgIpc) is 2.82. The Morgan fingerprint density at radius 1 is 0.762 bits per heavy atom. The third-order valence-corrected chi connectivity index (χ3v) is 10.3. The molecular formula is C20H19F9N2O8S3. The molecular weight excluding hydrogens is 663 g/mol. The van der Waals surface area contributed by atoms with Gasteiger partial charge in [-0.3, -0.25) is 4.79 Å². The van der Waals surface area contributed by atoms with Crippen LogP contribution in [-0.2, 0) is 35.0 Å². The number of hydrogen-bond acceptors (Lipinski definition) is 8. The van der Waals surface area contributed by atoms with Crippen molar-refractivity contribution in [3.8, 4) is 5.75 Å². The Labute approximate surface area is 232 Å². The van der Waals surface area contributed by atoms with E-state index in [1.165, 1.54) is 12.1 Å². The van der Waals surface area contributed by atoms with Crippen LogP contribution >= 0.6 is 0 Å². The highest BCUT2D eigenvalue weighted by Crippen LogP contribution is 2.51. The van der Waals surface area contributed by atoms with Crippen molar-refractivity contribution in [1.82, 2.24) is 4.13 Å². The van der Waals surface area contributed by atoms with Crippen LogP contribution in [0.3, 0.4) is 0 Å². The summed E-state index contributed by atoms with van der Waals surface area (Å²) < 4.78 is 195. The van der Waals surface area contributed by atoms with Crippen molar-refractivity contribution in [3.05, 3.63) is 36.4 Å². The molecule has 238 valence electrons. The maximum Gasteiger partial charge on any atom is 0.512 e. The molecule has 2 aromatic carbocycles. The van der Waals surface area contributed by atoms with Crippen molar-refractivity contribution >= 4 is 52.5 Å². The van der Waals surface area contributed by atoms with Crippen LogP contribution in [0.2, 0.25) is 0 Å². The van der Waals surface area contributed by atoms with Gasteiger partial charge in [0.05, 0.1) is 0 Å². The van der Waals surface area contributed by atoms with Crippen molar-refractivity contribution in [2.24, 2.45) is 5.41 Å². The lowest BCUT2D eigenvalue weighted by molar-refractivity contribution is -0.245. The van der Waals surface area contributed by atoms with Crippen molar-refractivity contribution in [2.45, 2.75) is 49.1 Å². The zero-order valence-electron chi connectivity index (χ0n) is 21.1. The Kier molecular flexibility index (Phi) is 9.00. The van der Waals surface area contributed by atoms with E-state index >= 15 is 0 Å². The van der Waals surface area contributed by atoms with E-state index in [-0.39, 0.29) is 11.1 Å². The van der Waals surface area contributed by atoms with E-state index in [0.717, 1.165) is 18.2 Å². The molecule has 42 heavy (non-hydrogen) atoms. The lowest BCUT2D eigenvalue weighted by Crippen LogP contribution is -2.64. The molecule has 0 bridgehead atoms. The lowest BCUT2D eigenvalue weighted by atomic mass is 9.89. The van der Waals surface area contributed by atoms with Crippen molar-refractivity contribution in [3.63, 3.8) is 0 Å². The summed E-state index contributed by atoms with van der Waals surface area (Å²) in [5.74, 6) is -9.41. The fourth-order valence-corrected chi connectivity index (χ4v) is 6.24. The van der Waals surface area contributed by atoms with Crippen LogP contribution in [0.25, 0.3) is 10.8 Å². The maximum atomic E-state index is 14.5. The lowest BCUT2D eigenvalue weighted by Gasteiger charge is -2.31. The second kappa shape index (κ2) is 10.7. The normalized spacial score (nSPS) is 14.6. The number of halogens is 9. The molecule has 0 saturated carbocycles. The van der Waals surface area contributed by atoms with Crippen LogP contribution in [0, 0.1) is 5.41 Å². The van der Waals surface area contributed by atoms with Crippen molar-refractivity contribution in [1.29, 1.82) is 0 Å². The highest BCUT2D eigenvalue weighted by molar-refractivity contribution is 8.05. The van der Waals surface area contributed by atoms with Crippen LogP contribution < -0.4 is 13.6 Å². The van der Waals surface area contributed by atoms with E-state index < -0.39 is 78.7 Å². The molecule has 0 aliphatic heterocycles. The summed E-state index contributed by atoms with van der Waals surface area (Å²) in [6, 6.07) is 6.04. The van der Waals surface area contributed by atoms with Crippen LogP contribution in [-0.4, -0.2) is 53.1 Å². The van der Waals surface area contributed by atoms with Gasteiger partial charge in [-0.2, -0.15) is 47.9 Å². The van der Waals surface area contributed by atoms with Gasteiger partial charge in [0.1, 0.15) is 0 Å². The minimum atomic E-state index is -7.92. The second-order valence-electron chi connectivity index (χ2n) is 9.03. The number of sulfonamides is 2. The quantitative estimate of drug-likeness (QED) is 0.260. The molecule has 0 aromatic heterocycles. The maximum absolute atomic E-state index is 14.5. The Morgan fingerprint density at radius 3 is 1.76 bits per heavy atom. The van der Waals surface area contributed by atoms with Gasteiger partial charge in [-0.15, -0.1) is 0 Å². The topological polar surface area (TPSA) is 153 Å². The molecule has 2 N–H and O–H groups in total. The van der Waals surface area contributed by atoms with Gasteiger partial charge in [-0.05, 0) is 18.6 Å². The van der Waals surface area contributed by atoms with Crippen LogP contribution in [0.4, 0.5) is 45.2 Å². The van der Waals surface area contributed by atoms with E-state index in [0.29, 0.717) is 12.5 Å². The zero-order chi connectivity index (χ0) is 33.0. The molecule has 0 atom stereocenters. The van der Waals surface area contributed by atoms with Gasteiger partial charge in [-0.25, -0.2) is 16.8 Å². The minimum Gasteiger partial charge on any atom is -0.377 e. The number of anilines is 1. The average molecular weight is 683 g/mol. The van der Waals surface area contributed by atoms with Gasteiger partial charge in [0.2, 0.25) is 5.91 Å². The Balaban J connectivity index is 2.58.